The fourth-order valence-electron chi connectivity index (χ4n) is 3.30. The van der Waals surface area contributed by atoms with Gasteiger partial charge in [-0.15, -0.1) is 0 Å². The second-order valence-corrected chi connectivity index (χ2v) is 7.22. The van der Waals surface area contributed by atoms with Crippen molar-refractivity contribution in [3.8, 4) is 11.5 Å². The molecule has 0 unspecified atom stereocenters. The first kappa shape index (κ1) is 19.6. The predicted octanol–water partition coefficient (Wildman–Crippen LogP) is 3.81. The monoisotopic (exact) mass is 349 g/mol. The van der Waals surface area contributed by atoms with Crippen LogP contribution in [0, 0.1) is 11.8 Å². The smallest absolute Gasteiger partial charge is 0.308 e. The number of carbonyl (C=O) groups is 1. The summed E-state index contributed by atoms with van der Waals surface area (Å²) in [6.07, 6.45) is 1.69. The first-order chi connectivity index (χ1) is 11.9. The highest BCUT2D eigenvalue weighted by atomic mass is 16.5. The summed E-state index contributed by atoms with van der Waals surface area (Å²) in [6.45, 7) is 11.1. The Bertz CT molecular complexity index is 573. The Balaban J connectivity index is 2.10. The van der Waals surface area contributed by atoms with Gasteiger partial charge in [0, 0.05) is 12.6 Å². The lowest BCUT2D eigenvalue weighted by atomic mass is 9.90. The van der Waals surface area contributed by atoms with Crippen LogP contribution in [-0.4, -0.2) is 41.8 Å². The van der Waals surface area contributed by atoms with Crippen LogP contribution in [0.1, 0.15) is 46.1 Å². The third-order valence-corrected chi connectivity index (χ3v) is 4.70. The number of carboxylic acid groups (broad SMARTS) is 1. The molecule has 1 aliphatic heterocycles. The van der Waals surface area contributed by atoms with Gasteiger partial charge in [0.25, 0.3) is 0 Å². The van der Waals surface area contributed by atoms with Gasteiger partial charge in [-0.2, -0.15) is 0 Å². The molecule has 0 amide bonds. The molecule has 5 nitrogen and oxygen atoms in total. The number of hydrogen-bond acceptors (Lipinski definition) is 4. The fraction of sp³-hybridized carbons (Fsp3) is 0.650. The van der Waals surface area contributed by atoms with Crippen molar-refractivity contribution in [3.63, 3.8) is 0 Å². The molecular formula is C20H31NO4. The van der Waals surface area contributed by atoms with Crippen LogP contribution in [0.5, 0.6) is 11.5 Å². The van der Waals surface area contributed by atoms with E-state index in [1.54, 1.807) is 0 Å². The van der Waals surface area contributed by atoms with Crippen LogP contribution in [0.25, 0.3) is 0 Å². The molecule has 2 rings (SSSR count). The number of hydrogen-bond donors (Lipinski definition) is 1. The summed E-state index contributed by atoms with van der Waals surface area (Å²) in [5.74, 6) is 1.02. The van der Waals surface area contributed by atoms with E-state index in [0.29, 0.717) is 19.1 Å². The Morgan fingerprint density at radius 1 is 1.32 bits per heavy atom. The SMILES string of the molecule is CCOc1cc(CN2CCC[C@H](C(=O)O)[C@@H]2C)ccc1OCC(C)C. The molecule has 1 aliphatic rings. The van der Waals surface area contributed by atoms with E-state index in [1.165, 1.54) is 0 Å². The fourth-order valence-corrected chi connectivity index (χ4v) is 3.30. The Morgan fingerprint density at radius 2 is 2.08 bits per heavy atom. The summed E-state index contributed by atoms with van der Waals surface area (Å²) < 4.78 is 11.6. The topological polar surface area (TPSA) is 59.0 Å². The Hall–Kier alpha value is -1.75. The number of ether oxygens (including phenoxy) is 2. The van der Waals surface area contributed by atoms with Crippen LogP contribution in [0.4, 0.5) is 0 Å². The van der Waals surface area contributed by atoms with Crippen molar-refractivity contribution in [3.05, 3.63) is 23.8 Å². The van der Waals surface area contributed by atoms with Crippen LogP contribution in [0.15, 0.2) is 18.2 Å². The number of nitrogens with zero attached hydrogens (tertiary/aromatic N) is 1. The molecule has 1 saturated heterocycles. The summed E-state index contributed by atoms with van der Waals surface area (Å²) in [4.78, 5) is 13.7. The molecule has 1 N–H and O–H groups in total. The Kier molecular flexibility index (Phi) is 7.12. The maximum atomic E-state index is 11.4. The van der Waals surface area contributed by atoms with Gasteiger partial charge in [-0.05, 0) is 56.8 Å². The normalized spacial score (nSPS) is 21.3. The van der Waals surface area contributed by atoms with E-state index in [-0.39, 0.29) is 12.0 Å². The van der Waals surface area contributed by atoms with Crippen molar-refractivity contribution in [1.29, 1.82) is 0 Å². The first-order valence-corrected chi connectivity index (χ1v) is 9.27. The van der Waals surface area contributed by atoms with Crippen LogP contribution >= 0.6 is 0 Å². The van der Waals surface area contributed by atoms with E-state index in [2.05, 4.69) is 24.8 Å². The molecule has 0 radical (unpaired) electrons. The third-order valence-electron chi connectivity index (χ3n) is 4.70. The van der Waals surface area contributed by atoms with Gasteiger partial charge in [0.1, 0.15) is 0 Å². The van der Waals surface area contributed by atoms with Gasteiger partial charge < -0.3 is 14.6 Å². The quantitative estimate of drug-likeness (QED) is 0.773. The van der Waals surface area contributed by atoms with Crippen LogP contribution in [0.3, 0.4) is 0 Å². The van der Waals surface area contributed by atoms with Crippen molar-refractivity contribution in [2.75, 3.05) is 19.8 Å². The van der Waals surface area contributed by atoms with E-state index in [9.17, 15) is 9.90 Å². The number of carboxylic acids is 1. The van der Waals surface area contributed by atoms with Crippen LogP contribution in [-0.2, 0) is 11.3 Å². The lowest BCUT2D eigenvalue weighted by molar-refractivity contribution is -0.145. The maximum absolute atomic E-state index is 11.4. The number of benzene rings is 1. The summed E-state index contributed by atoms with van der Waals surface area (Å²) in [6, 6.07) is 6.08. The van der Waals surface area contributed by atoms with Crippen molar-refractivity contribution in [1.82, 2.24) is 4.90 Å². The van der Waals surface area contributed by atoms with Gasteiger partial charge in [-0.25, -0.2) is 0 Å². The largest absolute Gasteiger partial charge is 0.490 e. The molecule has 0 aromatic heterocycles. The molecule has 1 aromatic rings. The average molecular weight is 349 g/mol. The molecule has 0 saturated carbocycles. The van der Waals surface area contributed by atoms with Crippen LogP contribution in [0.2, 0.25) is 0 Å². The van der Waals surface area contributed by atoms with Gasteiger partial charge in [0.05, 0.1) is 19.1 Å². The van der Waals surface area contributed by atoms with E-state index < -0.39 is 5.97 Å². The first-order valence-electron chi connectivity index (χ1n) is 9.27. The Labute approximate surface area is 150 Å². The molecule has 2 atom stereocenters. The lowest BCUT2D eigenvalue weighted by Gasteiger charge is -2.37. The van der Waals surface area contributed by atoms with Crippen molar-refractivity contribution >= 4 is 5.97 Å². The summed E-state index contributed by atoms with van der Waals surface area (Å²) >= 11 is 0. The molecule has 0 spiro atoms. The van der Waals surface area contributed by atoms with Crippen molar-refractivity contribution < 1.29 is 19.4 Å². The predicted molar refractivity (Wildman–Crippen MR) is 98.2 cm³/mol. The zero-order valence-corrected chi connectivity index (χ0v) is 15.8. The molecular weight excluding hydrogens is 318 g/mol. The van der Waals surface area contributed by atoms with E-state index >= 15 is 0 Å². The highest BCUT2D eigenvalue weighted by Crippen LogP contribution is 2.31. The number of aliphatic carboxylic acids is 1. The van der Waals surface area contributed by atoms with Crippen LogP contribution < -0.4 is 9.47 Å². The maximum Gasteiger partial charge on any atom is 0.308 e. The van der Waals surface area contributed by atoms with E-state index in [4.69, 9.17) is 9.47 Å². The molecule has 0 aliphatic carbocycles. The highest BCUT2D eigenvalue weighted by molar-refractivity contribution is 5.71. The summed E-state index contributed by atoms with van der Waals surface area (Å²) in [7, 11) is 0. The van der Waals surface area contributed by atoms with Gasteiger partial charge in [0.2, 0.25) is 0 Å². The zero-order valence-electron chi connectivity index (χ0n) is 15.8. The van der Waals surface area contributed by atoms with Gasteiger partial charge in [-0.1, -0.05) is 19.9 Å². The number of likely N-dealkylation sites (tertiary alicyclic amines) is 1. The van der Waals surface area contributed by atoms with Crippen molar-refractivity contribution in [2.24, 2.45) is 11.8 Å². The van der Waals surface area contributed by atoms with Gasteiger partial charge in [-0.3, -0.25) is 9.69 Å². The minimum atomic E-state index is -0.690. The molecule has 140 valence electrons. The van der Waals surface area contributed by atoms with Gasteiger partial charge in [0.15, 0.2) is 11.5 Å². The minimum Gasteiger partial charge on any atom is -0.490 e. The Morgan fingerprint density at radius 3 is 2.72 bits per heavy atom. The molecule has 1 fully saturated rings. The summed E-state index contributed by atoms with van der Waals surface area (Å²) in [5.41, 5.74) is 1.12. The standard InChI is InChI=1S/C20H31NO4/c1-5-24-19-11-16(8-9-18(19)25-13-14(2)3)12-21-10-6-7-17(15(21)4)20(22)23/h8-9,11,14-15,17H,5-7,10,12-13H2,1-4H3,(H,22,23)/t15-,17-/m0/s1. The summed E-state index contributed by atoms with van der Waals surface area (Å²) in [5, 5.41) is 9.38. The minimum absolute atomic E-state index is 0.0404. The number of rotatable bonds is 8. The lowest BCUT2D eigenvalue weighted by Crippen LogP contribution is -2.45. The van der Waals surface area contributed by atoms with E-state index in [1.807, 2.05) is 26.0 Å². The molecule has 1 heterocycles. The number of piperidine rings is 1. The third kappa shape index (κ3) is 5.36. The highest BCUT2D eigenvalue weighted by Gasteiger charge is 2.32. The molecule has 5 heteroatoms. The zero-order chi connectivity index (χ0) is 18.4. The molecule has 25 heavy (non-hydrogen) atoms. The van der Waals surface area contributed by atoms with E-state index in [0.717, 1.165) is 43.0 Å². The van der Waals surface area contributed by atoms with Crippen molar-refractivity contribution in [2.45, 2.75) is 53.1 Å². The molecule has 1 aromatic carbocycles. The molecule has 0 bridgehead atoms. The van der Waals surface area contributed by atoms with Gasteiger partial charge >= 0.3 is 5.97 Å². The second kappa shape index (κ2) is 9.09. The second-order valence-electron chi connectivity index (χ2n) is 7.22. The average Bonchev–Trinajstić information content (AvgIpc) is 2.56.